The van der Waals surface area contributed by atoms with Crippen LogP contribution in [0.1, 0.15) is 53.7 Å². The van der Waals surface area contributed by atoms with E-state index in [1.165, 1.54) is 19.5 Å². The number of hydrogen-bond acceptors (Lipinski definition) is 6. The first-order valence-electron chi connectivity index (χ1n) is 12.9. The Morgan fingerprint density at radius 3 is 2.54 bits per heavy atom. The van der Waals surface area contributed by atoms with Crippen molar-refractivity contribution in [3.8, 4) is 17.0 Å². The van der Waals surface area contributed by atoms with Gasteiger partial charge >= 0.3 is 6.18 Å². The van der Waals surface area contributed by atoms with Gasteiger partial charge in [-0.2, -0.15) is 13.2 Å². The Bertz CT molecular complexity index is 1390. The molecule has 0 spiro atoms. The summed E-state index contributed by atoms with van der Waals surface area (Å²) in [7, 11) is 1.45. The van der Waals surface area contributed by atoms with Crippen molar-refractivity contribution in [1.82, 2.24) is 25.6 Å². The van der Waals surface area contributed by atoms with Gasteiger partial charge in [0.15, 0.2) is 0 Å². The second kappa shape index (κ2) is 10.8. The summed E-state index contributed by atoms with van der Waals surface area (Å²) >= 11 is 0. The third kappa shape index (κ3) is 6.00. The largest absolute Gasteiger partial charge is 0.493 e. The standard InChI is InChI=1S/C27H30F3N5O4/c1-14-22(26(37)35-18-7-6-17(10-18)34-21(36)12-38-2)24-25(33-14)23(31-13-32-24)19-9-16(27(28,29)30)5-8-20(19)39-11-15-3-4-15/h5,8-9,13,15,17-18,33H,3-4,6-7,10-12H2,1-2H3,(H,34,36)(H,35,37)/t17-,18-/m0/s1. The Labute approximate surface area is 222 Å². The topological polar surface area (TPSA) is 118 Å². The summed E-state index contributed by atoms with van der Waals surface area (Å²) in [4.78, 5) is 36.9. The first-order chi connectivity index (χ1) is 18.6. The fourth-order valence-corrected chi connectivity index (χ4v) is 5.01. The van der Waals surface area contributed by atoms with Gasteiger partial charge in [-0.05, 0) is 63.1 Å². The maximum Gasteiger partial charge on any atom is 0.416 e. The van der Waals surface area contributed by atoms with Crippen LogP contribution in [-0.4, -0.2) is 59.2 Å². The van der Waals surface area contributed by atoms with E-state index in [0.29, 0.717) is 53.4 Å². The van der Waals surface area contributed by atoms with Gasteiger partial charge in [-0.15, -0.1) is 0 Å². The Morgan fingerprint density at radius 1 is 1.10 bits per heavy atom. The molecule has 9 nitrogen and oxygen atoms in total. The molecule has 5 rings (SSSR count). The summed E-state index contributed by atoms with van der Waals surface area (Å²) in [6, 6.07) is 3.12. The van der Waals surface area contributed by atoms with E-state index >= 15 is 0 Å². The highest BCUT2D eigenvalue weighted by molar-refractivity contribution is 6.09. The fraction of sp³-hybridized carbons (Fsp3) is 0.481. The molecule has 1 aromatic carbocycles. The number of H-pyrrole nitrogens is 1. The number of methoxy groups -OCH3 is 1. The van der Waals surface area contributed by atoms with Crippen molar-refractivity contribution in [2.45, 2.75) is 57.3 Å². The molecule has 0 aliphatic heterocycles. The van der Waals surface area contributed by atoms with Crippen LogP contribution in [0.4, 0.5) is 13.2 Å². The predicted octanol–water partition coefficient (Wildman–Crippen LogP) is 4.15. The van der Waals surface area contributed by atoms with Gasteiger partial charge in [0.05, 0.1) is 23.3 Å². The average molecular weight is 546 g/mol. The molecule has 0 bridgehead atoms. The number of nitrogens with zero attached hydrogens (tertiary/aromatic N) is 2. The van der Waals surface area contributed by atoms with E-state index in [1.54, 1.807) is 6.92 Å². The van der Waals surface area contributed by atoms with E-state index in [1.807, 2.05) is 0 Å². The van der Waals surface area contributed by atoms with Crippen LogP contribution in [0.5, 0.6) is 5.75 Å². The minimum absolute atomic E-state index is 0.0245. The van der Waals surface area contributed by atoms with E-state index < -0.39 is 11.7 Å². The highest BCUT2D eigenvalue weighted by atomic mass is 19.4. The van der Waals surface area contributed by atoms with Crippen LogP contribution in [-0.2, 0) is 15.7 Å². The van der Waals surface area contributed by atoms with Gasteiger partial charge in [-0.3, -0.25) is 9.59 Å². The summed E-state index contributed by atoms with van der Waals surface area (Å²) in [5, 5.41) is 5.91. The molecular formula is C27H30F3N5O4. The molecule has 3 N–H and O–H groups in total. The molecule has 2 saturated carbocycles. The number of aryl methyl sites for hydroxylation is 1. The lowest BCUT2D eigenvalue weighted by atomic mass is 10.0. The van der Waals surface area contributed by atoms with Crippen molar-refractivity contribution in [3.63, 3.8) is 0 Å². The number of aromatic amines is 1. The summed E-state index contributed by atoms with van der Waals surface area (Å²) < 4.78 is 51.5. The molecule has 2 amide bonds. The quantitative estimate of drug-likeness (QED) is 0.372. The van der Waals surface area contributed by atoms with Gasteiger partial charge in [0.2, 0.25) is 5.91 Å². The molecule has 2 heterocycles. The molecule has 2 aliphatic carbocycles. The SMILES string of the molecule is COCC(=O)N[C@H]1CC[C@H](NC(=O)c2c(C)[nH]c3c(-c4cc(C(F)(F)F)ccc4OCC4CC4)ncnc23)C1. The molecule has 2 aromatic heterocycles. The summed E-state index contributed by atoms with van der Waals surface area (Å²) in [5.74, 6) is 0.130. The number of hydrogen-bond donors (Lipinski definition) is 3. The second-order valence-corrected chi connectivity index (χ2v) is 10.2. The van der Waals surface area contributed by atoms with Gasteiger partial charge < -0.3 is 25.1 Å². The lowest BCUT2D eigenvalue weighted by molar-refractivity contribution is -0.137. The lowest BCUT2D eigenvalue weighted by Crippen LogP contribution is -2.38. The van der Waals surface area contributed by atoms with E-state index in [0.717, 1.165) is 31.4 Å². The zero-order chi connectivity index (χ0) is 27.7. The van der Waals surface area contributed by atoms with E-state index in [9.17, 15) is 22.8 Å². The van der Waals surface area contributed by atoms with Crippen molar-refractivity contribution in [1.29, 1.82) is 0 Å². The third-order valence-corrected chi connectivity index (χ3v) is 7.14. The van der Waals surface area contributed by atoms with Gasteiger partial charge in [-0.25, -0.2) is 9.97 Å². The summed E-state index contributed by atoms with van der Waals surface area (Å²) in [6.07, 6.45) is 0.746. The Hall–Kier alpha value is -3.67. The molecule has 3 aromatic rings. The van der Waals surface area contributed by atoms with E-state index in [2.05, 4.69) is 25.6 Å². The summed E-state index contributed by atoms with van der Waals surface area (Å²) in [5.41, 5.74) is 1.05. The minimum atomic E-state index is -4.55. The van der Waals surface area contributed by atoms with Crippen molar-refractivity contribution in [3.05, 3.63) is 41.3 Å². The van der Waals surface area contributed by atoms with Crippen LogP contribution in [0.25, 0.3) is 22.3 Å². The molecule has 2 aliphatic rings. The second-order valence-electron chi connectivity index (χ2n) is 10.2. The normalized spacial score (nSPS) is 19.3. The number of amides is 2. The van der Waals surface area contributed by atoms with Crippen LogP contribution >= 0.6 is 0 Å². The van der Waals surface area contributed by atoms with Crippen molar-refractivity contribution in [2.24, 2.45) is 5.92 Å². The fourth-order valence-electron chi connectivity index (χ4n) is 5.01. The van der Waals surface area contributed by atoms with E-state index in [4.69, 9.17) is 9.47 Å². The van der Waals surface area contributed by atoms with Crippen LogP contribution in [0.3, 0.4) is 0 Å². The van der Waals surface area contributed by atoms with E-state index in [-0.39, 0.29) is 41.8 Å². The molecule has 0 saturated heterocycles. The maximum atomic E-state index is 13.6. The highest BCUT2D eigenvalue weighted by Gasteiger charge is 2.33. The Kier molecular flexibility index (Phi) is 7.48. The average Bonchev–Trinajstić information content (AvgIpc) is 3.51. The number of benzene rings is 1. The van der Waals surface area contributed by atoms with Crippen LogP contribution in [0.2, 0.25) is 0 Å². The van der Waals surface area contributed by atoms with Crippen LogP contribution < -0.4 is 15.4 Å². The first kappa shape index (κ1) is 26.9. The summed E-state index contributed by atoms with van der Waals surface area (Å²) in [6.45, 7) is 2.10. The van der Waals surface area contributed by atoms with Gasteiger partial charge in [0, 0.05) is 30.5 Å². The number of rotatable bonds is 9. The monoisotopic (exact) mass is 545 g/mol. The molecule has 208 valence electrons. The van der Waals surface area contributed by atoms with Crippen molar-refractivity contribution < 1.29 is 32.2 Å². The number of nitrogens with one attached hydrogen (secondary N) is 3. The molecule has 0 radical (unpaired) electrons. The van der Waals surface area contributed by atoms with Crippen LogP contribution in [0.15, 0.2) is 24.5 Å². The molecule has 2 atom stereocenters. The number of carbonyl (C=O) groups is 2. The maximum absolute atomic E-state index is 13.6. The lowest BCUT2D eigenvalue weighted by Gasteiger charge is -2.15. The third-order valence-electron chi connectivity index (χ3n) is 7.14. The molecule has 0 unspecified atom stereocenters. The molecule has 12 heteroatoms. The number of halogens is 3. The smallest absolute Gasteiger partial charge is 0.416 e. The zero-order valence-corrected chi connectivity index (χ0v) is 21.7. The molecule has 2 fully saturated rings. The van der Waals surface area contributed by atoms with Crippen LogP contribution in [0, 0.1) is 12.8 Å². The van der Waals surface area contributed by atoms with Crippen molar-refractivity contribution in [2.75, 3.05) is 20.3 Å². The Morgan fingerprint density at radius 2 is 1.85 bits per heavy atom. The zero-order valence-electron chi connectivity index (χ0n) is 21.7. The van der Waals surface area contributed by atoms with Crippen molar-refractivity contribution >= 4 is 22.8 Å². The van der Waals surface area contributed by atoms with Gasteiger partial charge in [0.25, 0.3) is 5.91 Å². The highest BCUT2D eigenvalue weighted by Crippen LogP contribution is 2.40. The minimum Gasteiger partial charge on any atom is -0.493 e. The number of fused-ring (bicyclic) bond motifs is 1. The number of alkyl halides is 3. The number of carbonyl (C=O) groups excluding carboxylic acids is 2. The van der Waals surface area contributed by atoms with Gasteiger partial charge in [-0.1, -0.05) is 0 Å². The first-order valence-corrected chi connectivity index (χ1v) is 12.9. The van der Waals surface area contributed by atoms with Gasteiger partial charge in [0.1, 0.15) is 29.9 Å². The molecule has 39 heavy (non-hydrogen) atoms. The Balaban J connectivity index is 1.42. The predicted molar refractivity (Wildman–Crippen MR) is 136 cm³/mol. The number of aromatic nitrogens is 3. The molecular weight excluding hydrogens is 515 g/mol. The number of ether oxygens (including phenoxy) is 2.